The molecule has 0 heterocycles. The third-order valence-corrected chi connectivity index (χ3v) is 0. The van der Waals surface area contributed by atoms with Gasteiger partial charge in [-0.05, 0) is 0 Å². The van der Waals surface area contributed by atoms with Gasteiger partial charge in [0.2, 0.25) is 0 Å². The molecule has 0 unspecified atom stereocenters. The van der Waals surface area contributed by atoms with Crippen molar-refractivity contribution >= 4 is 71.7 Å². The molecule has 0 aliphatic carbocycles. The zero-order valence-electron chi connectivity index (χ0n) is 1.82. The molecule has 0 nitrogen and oxygen atoms in total. The van der Waals surface area contributed by atoms with Crippen molar-refractivity contribution in [1.82, 2.24) is 0 Å². The van der Waals surface area contributed by atoms with Gasteiger partial charge < -0.3 is 0 Å². The molecule has 0 amide bonds. The summed E-state index contributed by atoms with van der Waals surface area (Å²) in [6.45, 7) is 0. The minimum Gasteiger partial charge on any atom is 0 e. The van der Waals surface area contributed by atoms with Gasteiger partial charge in [-0.25, -0.2) is 0 Å². The van der Waals surface area contributed by atoms with E-state index in [9.17, 15) is 0 Å². The Hall–Kier alpha value is 2.89. The molecule has 0 aromatic heterocycles. The van der Waals surface area contributed by atoms with Crippen LogP contribution in [0, 0.1) is 0 Å². The molecule has 0 aromatic rings. The molecule has 0 bridgehead atoms. The first-order chi connectivity index (χ1) is 0. The minimum absolute atomic E-state index is 0. The van der Waals surface area contributed by atoms with E-state index in [1.165, 1.54) is 0 Å². The average Bonchev–Trinajstić information content (AvgIpc) is 0. The van der Waals surface area contributed by atoms with Crippen molar-refractivity contribution in [3.63, 3.8) is 0 Å². The summed E-state index contributed by atoms with van der Waals surface area (Å²) in [6.07, 6.45) is 0. The molecule has 0 aliphatic rings. The van der Waals surface area contributed by atoms with Crippen LogP contribution in [0.4, 0.5) is 0 Å². The van der Waals surface area contributed by atoms with Gasteiger partial charge in [-0.2, -0.15) is 0 Å². The SMILES string of the molecule is [Ni].[Sn].[Sn].[Sn]. The van der Waals surface area contributed by atoms with E-state index in [0.717, 1.165) is 0 Å². The van der Waals surface area contributed by atoms with Crippen LogP contribution < -0.4 is 0 Å². The summed E-state index contributed by atoms with van der Waals surface area (Å²) in [6, 6.07) is 0. The van der Waals surface area contributed by atoms with Gasteiger partial charge in [0.05, 0.1) is 0 Å². The maximum absolute atomic E-state index is 0. The van der Waals surface area contributed by atoms with Crippen molar-refractivity contribution in [2.45, 2.75) is 0 Å². The van der Waals surface area contributed by atoms with Gasteiger partial charge in [-0.1, -0.05) is 0 Å². The van der Waals surface area contributed by atoms with Crippen LogP contribution in [0.15, 0.2) is 0 Å². The summed E-state index contributed by atoms with van der Waals surface area (Å²) >= 11 is 0. The van der Waals surface area contributed by atoms with Crippen LogP contribution in [0.3, 0.4) is 0 Å². The minimum atomic E-state index is 0. The van der Waals surface area contributed by atoms with E-state index in [2.05, 4.69) is 0 Å². The van der Waals surface area contributed by atoms with E-state index in [-0.39, 0.29) is 88.2 Å². The molecule has 4 heavy (non-hydrogen) atoms. The summed E-state index contributed by atoms with van der Waals surface area (Å²) in [4.78, 5) is 0. The van der Waals surface area contributed by atoms with E-state index in [1.54, 1.807) is 0 Å². The largest absolute Gasteiger partial charge is 0 e. The Kier molecular flexibility index (Phi) is 121. The molecule has 0 saturated carbocycles. The van der Waals surface area contributed by atoms with Crippen LogP contribution >= 0.6 is 0 Å². The van der Waals surface area contributed by atoms with Crippen molar-refractivity contribution < 1.29 is 16.5 Å². The third kappa shape index (κ3) is 8.86. The molecule has 0 aromatic carbocycles. The molecule has 0 atom stereocenters. The molecule has 0 N–H and O–H groups in total. The van der Waals surface area contributed by atoms with Gasteiger partial charge in [0, 0.05) is 88.2 Å². The molecule has 0 fully saturated rings. The Balaban J connectivity index is 0. The maximum Gasteiger partial charge on any atom is 0 e. The van der Waals surface area contributed by atoms with Crippen LogP contribution in [0.1, 0.15) is 0 Å². The Bertz CT molecular complexity index is 3.25. The number of rotatable bonds is 0. The van der Waals surface area contributed by atoms with Crippen LogP contribution in [0.25, 0.3) is 0 Å². The summed E-state index contributed by atoms with van der Waals surface area (Å²) < 4.78 is 0. The molecular formula is NiSn3. The first kappa shape index (κ1) is 28.6. The van der Waals surface area contributed by atoms with E-state index in [4.69, 9.17) is 0 Å². The van der Waals surface area contributed by atoms with Crippen LogP contribution in [-0.2, 0) is 16.5 Å². The predicted molar refractivity (Wildman–Crippen MR) is 17.3 cm³/mol. The van der Waals surface area contributed by atoms with E-state index in [0.29, 0.717) is 0 Å². The van der Waals surface area contributed by atoms with E-state index >= 15 is 0 Å². The molecule has 12 radical (unpaired) electrons. The summed E-state index contributed by atoms with van der Waals surface area (Å²) in [5.41, 5.74) is 0. The smallest absolute Gasteiger partial charge is 0 e. The van der Waals surface area contributed by atoms with E-state index < -0.39 is 0 Å². The first-order valence-corrected chi connectivity index (χ1v) is 0. The molecule has 0 rings (SSSR count). The fourth-order valence-electron chi connectivity index (χ4n) is 0. The predicted octanol–water partition coefficient (Wildman–Crippen LogP) is -1.14. The normalized spacial score (nSPS) is 0. The van der Waals surface area contributed by atoms with Crippen molar-refractivity contribution in [3.05, 3.63) is 0 Å². The van der Waals surface area contributed by atoms with Gasteiger partial charge in [-0.3, -0.25) is 0 Å². The zero-order chi connectivity index (χ0) is 0. The molecule has 0 aliphatic heterocycles. The van der Waals surface area contributed by atoms with Gasteiger partial charge in [-0.15, -0.1) is 0 Å². The van der Waals surface area contributed by atoms with Gasteiger partial charge in [0.25, 0.3) is 0 Å². The second-order valence-corrected chi connectivity index (χ2v) is 0. The van der Waals surface area contributed by atoms with E-state index in [1.807, 2.05) is 0 Å². The summed E-state index contributed by atoms with van der Waals surface area (Å²) in [5, 5.41) is 0. The molecule has 0 spiro atoms. The van der Waals surface area contributed by atoms with Gasteiger partial charge in [0.1, 0.15) is 0 Å². The fourth-order valence-corrected chi connectivity index (χ4v) is 0. The Morgan fingerprint density at radius 3 is 0.500 bits per heavy atom. The zero-order valence-corrected chi connectivity index (χ0v) is 11.4. The summed E-state index contributed by atoms with van der Waals surface area (Å²) in [5.74, 6) is 0. The van der Waals surface area contributed by atoms with Crippen molar-refractivity contribution in [2.75, 3.05) is 0 Å². The second kappa shape index (κ2) is 16.9. The van der Waals surface area contributed by atoms with Crippen LogP contribution in [0.2, 0.25) is 0 Å². The Morgan fingerprint density at radius 1 is 0.500 bits per heavy atom. The van der Waals surface area contributed by atoms with Crippen molar-refractivity contribution in [1.29, 1.82) is 0 Å². The standard InChI is InChI=1S/Ni.3Sn. The number of hydrogen-bond donors (Lipinski definition) is 0. The van der Waals surface area contributed by atoms with Crippen LogP contribution in [-0.4, -0.2) is 71.7 Å². The topological polar surface area (TPSA) is 0 Å². The molecular weight excluding hydrogens is 415 g/mol. The van der Waals surface area contributed by atoms with Crippen molar-refractivity contribution in [2.24, 2.45) is 0 Å². The fraction of sp³-hybridized carbons (Fsp3) is 0. The van der Waals surface area contributed by atoms with Crippen LogP contribution in [0.5, 0.6) is 0 Å². The second-order valence-electron chi connectivity index (χ2n) is 0. The first-order valence-electron chi connectivity index (χ1n) is 0. The van der Waals surface area contributed by atoms with Crippen molar-refractivity contribution in [3.8, 4) is 0 Å². The summed E-state index contributed by atoms with van der Waals surface area (Å²) in [7, 11) is 0. The molecule has 0 saturated heterocycles. The van der Waals surface area contributed by atoms with Gasteiger partial charge >= 0.3 is 0 Å². The molecule has 22 valence electrons. The molecule has 4 heteroatoms. The Labute approximate surface area is 86.7 Å². The Morgan fingerprint density at radius 2 is 0.500 bits per heavy atom. The quantitative estimate of drug-likeness (QED) is 0.440. The average molecular weight is 415 g/mol. The monoisotopic (exact) mass is 418 g/mol. The third-order valence-electron chi connectivity index (χ3n) is 0. The number of hydrogen-bond acceptors (Lipinski definition) is 0. The maximum atomic E-state index is 0. The van der Waals surface area contributed by atoms with Gasteiger partial charge in [0.15, 0.2) is 0 Å².